The lowest BCUT2D eigenvalue weighted by Gasteiger charge is -2.34. The van der Waals surface area contributed by atoms with Crippen LogP contribution >= 0.6 is 0 Å². The summed E-state index contributed by atoms with van der Waals surface area (Å²) in [5.41, 5.74) is 6.79. The summed E-state index contributed by atoms with van der Waals surface area (Å²) in [5, 5.41) is 3.04. The van der Waals surface area contributed by atoms with E-state index in [9.17, 15) is 4.79 Å². The number of nitrogens with zero attached hydrogens (tertiary/aromatic N) is 3. The van der Waals surface area contributed by atoms with Crippen molar-refractivity contribution in [3.63, 3.8) is 0 Å². The van der Waals surface area contributed by atoms with E-state index in [0.717, 1.165) is 43.0 Å². The summed E-state index contributed by atoms with van der Waals surface area (Å²) in [6.07, 6.45) is 8.03. The van der Waals surface area contributed by atoms with Gasteiger partial charge in [0.1, 0.15) is 17.7 Å². The summed E-state index contributed by atoms with van der Waals surface area (Å²) < 4.78 is 5.08. The van der Waals surface area contributed by atoms with Crippen molar-refractivity contribution in [2.75, 3.05) is 25.2 Å². The zero-order valence-electron chi connectivity index (χ0n) is 16.2. The Balaban J connectivity index is 1.63. The Bertz CT molecular complexity index is 678. The number of rotatable bonds is 7. The molecule has 3 atom stereocenters. The quantitative estimate of drug-likeness (QED) is 0.707. The van der Waals surface area contributed by atoms with E-state index >= 15 is 0 Å². The van der Waals surface area contributed by atoms with E-state index in [1.807, 2.05) is 6.07 Å². The van der Waals surface area contributed by atoms with Crippen LogP contribution in [0.25, 0.3) is 0 Å². The van der Waals surface area contributed by atoms with Crippen molar-refractivity contribution >= 4 is 11.7 Å². The van der Waals surface area contributed by atoms with Crippen LogP contribution in [-0.4, -0.2) is 48.2 Å². The Morgan fingerprint density at radius 3 is 2.85 bits per heavy atom. The summed E-state index contributed by atoms with van der Waals surface area (Å²) >= 11 is 0. The molecule has 0 unspecified atom stereocenters. The number of hydrogen-bond donors (Lipinski definition) is 2. The minimum atomic E-state index is -0.164. The molecule has 4 rings (SSSR count). The van der Waals surface area contributed by atoms with Crippen LogP contribution in [0.4, 0.5) is 5.82 Å². The molecule has 1 aromatic rings. The maximum Gasteiger partial charge on any atom is 0.242 e. The van der Waals surface area contributed by atoms with E-state index in [1.54, 1.807) is 7.11 Å². The summed E-state index contributed by atoms with van der Waals surface area (Å²) in [6, 6.07) is 2.23. The Morgan fingerprint density at radius 2 is 2.11 bits per heavy atom. The lowest BCUT2D eigenvalue weighted by Crippen LogP contribution is -2.48. The van der Waals surface area contributed by atoms with Gasteiger partial charge in [-0.05, 0) is 38.0 Å². The Kier molecular flexibility index (Phi) is 5.59. The summed E-state index contributed by atoms with van der Waals surface area (Å²) in [5.74, 6) is 2.92. The highest BCUT2D eigenvalue weighted by atomic mass is 16.5. The maximum absolute atomic E-state index is 13.0. The number of ether oxygens (including phenoxy) is 1. The molecule has 7 nitrogen and oxygen atoms in total. The average Bonchev–Trinajstić information content (AvgIpc) is 3.47. The number of nitrogens with one attached hydrogen (secondary N) is 1. The van der Waals surface area contributed by atoms with Gasteiger partial charge < -0.3 is 20.7 Å². The molecule has 0 radical (unpaired) electrons. The van der Waals surface area contributed by atoms with Crippen LogP contribution in [0.1, 0.15) is 62.4 Å². The molecule has 0 aromatic carbocycles. The van der Waals surface area contributed by atoms with Crippen molar-refractivity contribution in [3.05, 3.63) is 17.6 Å². The fraction of sp³-hybridized carbons (Fsp3) is 0.750. The van der Waals surface area contributed by atoms with Crippen LogP contribution in [0.5, 0.6) is 0 Å². The van der Waals surface area contributed by atoms with Crippen molar-refractivity contribution < 1.29 is 9.53 Å². The second-order valence-electron chi connectivity index (χ2n) is 8.11. The van der Waals surface area contributed by atoms with E-state index in [1.165, 1.54) is 19.3 Å². The van der Waals surface area contributed by atoms with Crippen LogP contribution in [0, 0.1) is 5.92 Å². The van der Waals surface area contributed by atoms with Crippen LogP contribution in [-0.2, 0) is 16.1 Å². The first-order valence-electron chi connectivity index (χ1n) is 10.3. The molecule has 1 saturated heterocycles. The van der Waals surface area contributed by atoms with Crippen molar-refractivity contribution in [2.45, 2.75) is 69.5 Å². The van der Waals surface area contributed by atoms with E-state index in [2.05, 4.69) is 15.2 Å². The second kappa shape index (κ2) is 8.10. The Labute approximate surface area is 161 Å². The summed E-state index contributed by atoms with van der Waals surface area (Å²) in [4.78, 5) is 24.8. The molecule has 1 amide bonds. The van der Waals surface area contributed by atoms with Gasteiger partial charge in [0.25, 0.3) is 0 Å². The van der Waals surface area contributed by atoms with Gasteiger partial charge in [0, 0.05) is 38.2 Å². The molecule has 2 saturated carbocycles. The predicted octanol–water partition coefficient (Wildman–Crippen LogP) is 1.71. The molecule has 3 fully saturated rings. The molecule has 2 heterocycles. The van der Waals surface area contributed by atoms with E-state index < -0.39 is 0 Å². The third-order valence-corrected chi connectivity index (χ3v) is 6.20. The number of anilines is 1. The van der Waals surface area contributed by atoms with Crippen LogP contribution < -0.4 is 16.0 Å². The number of carbonyl (C=O) groups is 1. The monoisotopic (exact) mass is 373 g/mol. The molecule has 0 spiro atoms. The van der Waals surface area contributed by atoms with Crippen molar-refractivity contribution in [1.82, 2.24) is 15.3 Å². The smallest absolute Gasteiger partial charge is 0.242 e. The predicted molar refractivity (Wildman–Crippen MR) is 103 cm³/mol. The third kappa shape index (κ3) is 3.94. The first-order valence-corrected chi connectivity index (χ1v) is 10.3. The first-order chi connectivity index (χ1) is 13.2. The summed E-state index contributed by atoms with van der Waals surface area (Å²) in [7, 11) is 1.65. The second-order valence-corrected chi connectivity index (χ2v) is 8.11. The SMILES string of the molecule is COCCNC(=O)[C@@H]1C[C@@H]2CCCC[C@@H]2N1c1cc(CN)nc(C2CC2)n1. The topological polar surface area (TPSA) is 93.4 Å². The van der Waals surface area contributed by atoms with Gasteiger partial charge >= 0.3 is 0 Å². The van der Waals surface area contributed by atoms with Gasteiger partial charge in [-0.25, -0.2) is 9.97 Å². The number of hydrogen-bond acceptors (Lipinski definition) is 6. The highest BCUT2D eigenvalue weighted by Gasteiger charge is 2.46. The maximum atomic E-state index is 13.0. The molecule has 1 aliphatic heterocycles. The largest absolute Gasteiger partial charge is 0.383 e. The minimum Gasteiger partial charge on any atom is -0.383 e. The van der Waals surface area contributed by atoms with Gasteiger partial charge in [-0.2, -0.15) is 0 Å². The van der Waals surface area contributed by atoms with Gasteiger partial charge in [0.15, 0.2) is 0 Å². The number of methoxy groups -OCH3 is 1. The normalized spacial score (nSPS) is 27.5. The zero-order chi connectivity index (χ0) is 18.8. The van der Waals surface area contributed by atoms with Gasteiger partial charge in [0.05, 0.1) is 12.3 Å². The van der Waals surface area contributed by atoms with Crippen LogP contribution in [0.3, 0.4) is 0 Å². The fourth-order valence-electron chi connectivity index (χ4n) is 4.68. The van der Waals surface area contributed by atoms with Crippen molar-refractivity contribution in [3.8, 4) is 0 Å². The number of fused-ring (bicyclic) bond motifs is 1. The van der Waals surface area contributed by atoms with Gasteiger partial charge in [-0.3, -0.25) is 4.79 Å². The number of amides is 1. The van der Waals surface area contributed by atoms with Crippen molar-refractivity contribution in [1.29, 1.82) is 0 Å². The number of carbonyl (C=O) groups excluding carboxylic acids is 1. The van der Waals surface area contributed by atoms with Gasteiger partial charge in [-0.15, -0.1) is 0 Å². The number of aromatic nitrogens is 2. The Morgan fingerprint density at radius 1 is 1.30 bits per heavy atom. The van der Waals surface area contributed by atoms with E-state index in [-0.39, 0.29) is 11.9 Å². The molecule has 2 aliphatic carbocycles. The fourth-order valence-corrected chi connectivity index (χ4v) is 4.68. The molecular weight excluding hydrogens is 342 g/mol. The molecule has 0 bridgehead atoms. The first kappa shape index (κ1) is 18.6. The molecule has 3 N–H and O–H groups in total. The standard InChI is InChI=1S/C20H31N5O2/c1-27-9-8-22-20(26)17-10-14-4-2-3-5-16(14)25(17)18-11-15(12-21)23-19(24-18)13-6-7-13/h11,13-14,16-17H,2-10,12,21H2,1H3,(H,22,26)/t14-,16-,17-/m0/s1. The lowest BCUT2D eigenvalue weighted by molar-refractivity contribution is -0.122. The average molecular weight is 374 g/mol. The molecular formula is C20H31N5O2. The van der Waals surface area contributed by atoms with Gasteiger partial charge in [0.2, 0.25) is 5.91 Å². The van der Waals surface area contributed by atoms with Gasteiger partial charge in [-0.1, -0.05) is 12.8 Å². The van der Waals surface area contributed by atoms with Crippen LogP contribution in [0.2, 0.25) is 0 Å². The molecule has 27 heavy (non-hydrogen) atoms. The van der Waals surface area contributed by atoms with Crippen LogP contribution in [0.15, 0.2) is 6.07 Å². The van der Waals surface area contributed by atoms with Crippen molar-refractivity contribution in [2.24, 2.45) is 11.7 Å². The highest BCUT2D eigenvalue weighted by Crippen LogP contribution is 2.43. The molecule has 7 heteroatoms. The summed E-state index contributed by atoms with van der Waals surface area (Å²) in [6.45, 7) is 1.48. The van der Waals surface area contributed by atoms with E-state index in [4.69, 9.17) is 15.5 Å². The van der Waals surface area contributed by atoms with E-state index in [0.29, 0.717) is 37.6 Å². The molecule has 148 valence electrons. The zero-order valence-corrected chi connectivity index (χ0v) is 16.2. The lowest BCUT2D eigenvalue weighted by atomic mass is 9.84. The number of nitrogens with two attached hydrogens (primary N) is 1. The minimum absolute atomic E-state index is 0.0855. The Hall–Kier alpha value is -1.73. The molecule has 3 aliphatic rings. The third-order valence-electron chi connectivity index (χ3n) is 6.20. The highest BCUT2D eigenvalue weighted by molar-refractivity contribution is 5.86. The molecule has 1 aromatic heterocycles.